The van der Waals surface area contributed by atoms with Crippen molar-refractivity contribution in [2.45, 2.75) is 6.18 Å². The molecule has 0 aromatic carbocycles. The highest BCUT2D eigenvalue weighted by atomic mass is 35.5. The van der Waals surface area contributed by atoms with E-state index in [2.05, 4.69) is 4.98 Å². The summed E-state index contributed by atoms with van der Waals surface area (Å²) in [5.41, 5.74) is 0.207. The van der Waals surface area contributed by atoms with Gasteiger partial charge in [0, 0.05) is 30.6 Å². The molecule has 3 nitrogen and oxygen atoms in total. The van der Waals surface area contributed by atoms with Crippen molar-refractivity contribution in [3.63, 3.8) is 0 Å². The van der Waals surface area contributed by atoms with E-state index in [0.29, 0.717) is 5.82 Å². The molecule has 0 N–H and O–H groups in total. The van der Waals surface area contributed by atoms with E-state index in [4.69, 9.17) is 0 Å². The van der Waals surface area contributed by atoms with Crippen LogP contribution in [0.4, 0.5) is 13.2 Å². The van der Waals surface area contributed by atoms with Gasteiger partial charge in [-0.1, -0.05) is 0 Å². The van der Waals surface area contributed by atoms with Crippen LogP contribution in [0.3, 0.4) is 0 Å². The molecule has 0 spiro atoms. The molecule has 0 bridgehead atoms. The maximum atomic E-state index is 12.5. The standard InChI is InChI=1S/C15H11F3N3.ClH/c16-15(17,18)12-3-4-14(19-11-12)21-9-5-13(6-10-21)20-7-1-2-8-20;/h1-11H;1H/q+1;/p-1. The zero-order chi connectivity index (χ0) is 14.9. The molecule has 3 rings (SSSR count). The number of nitrogens with zero attached hydrogens (tertiary/aromatic N) is 3. The van der Waals surface area contributed by atoms with E-state index in [9.17, 15) is 13.2 Å². The number of rotatable bonds is 2. The minimum atomic E-state index is -4.37. The minimum Gasteiger partial charge on any atom is -1.00 e. The lowest BCUT2D eigenvalue weighted by Crippen LogP contribution is -3.00. The van der Waals surface area contributed by atoms with E-state index in [1.54, 1.807) is 17.0 Å². The summed E-state index contributed by atoms with van der Waals surface area (Å²) in [4.78, 5) is 3.84. The summed E-state index contributed by atoms with van der Waals surface area (Å²) in [6.45, 7) is 0. The van der Waals surface area contributed by atoms with Gasteiger partial charge >= 0.3 is 12.0 Å². The highest BCUT2D eigenvalue weighted by Crippen LogP contribution is 2.28. The van der Waals surface area contributed by atoms with Crippen LogP contribution in [0.2, 0.25) is 0 Å². The van der Waals surface area contributed by atoms with Crippen LogP contribution in [-0.2, 0) is 6.18 Å². The third-order valence-electron chi connectivity index (χ3n) is 3.05. The van der Waals surface area contributed by atoms with Crippen molar-refractivity contribution in [3.8, 4) is 11.5 Å². The number of aromatic nitrogens is 3. The third-order valence-corrected chi connectivity index (χ3v) is 3.05. The lowest BCUT2D eigenvalue weighted by molar-refractivity contribution is -0.599. The number of hydrogen-bond donors (Lipinski definition) is 0. The molecule has 0 atom stereocenters. The maximum absolute atomic E-state index is 12.5. The minimum absolute atomic E-state index is 0. The van der Waals surface area contributed by atoms with Gasteiger partial charge in [0.2, 0.25) is 0 Å². The van der Waals surface area contributed by atoms with Crippen LogP contribution in [0, 0.1) is 0 Å². The van der Waals surface area contributed by atoms with Crippen molar-refractivity contribution >= 4 is 0 Å². The predicted molar refractivity (Wildman–Crippen MR) is 70.1 cm³/mol. The van der Waals surface area contributed by atoms with Gasteiger partial charge in [0.25, 0.3) is 0 Å². The number of alkyl halides is 3. The van der Waals surface area contributed by atoms with Crippen LogP contribution in [0.5, 0.6) is 0 Å². The average molecular weight is 326 g/mol. The molecule has 0 aliphatic rings. The van der Waals surface area contributed by atoms with Gasteiger partial charge in [0.15, 0.2) is 6.20 Å². The summed E-state index contributed by atoms with van der Waals surface area (Å²) in [6, 6.07) is 9.92. The van der Waals surface area contributed by atoms with Crippen LogP contribution in [0.15, 0.2) is 67.4 Å². The second-order valence-corrected chi connectivity index (χ2v) is 4.46. The van der Waals surface area contributed by atoms with Crippen molar-refractivity contribution in [1.82, 2.24) is 9.55 Å². The monoisotopic (exact) mass is 325 g/mol. The first-order valence-electron chi connectivity index (χ1n) is 6.22. The van der Waals surface area contributed by atoms with Crippen molar-refractivity contribution in [2.75, 3.05) is 0 Å². The Morgan fingerprint density at radius 2 is 1.59 bits per heavy atom. The molecule has 114 valence electrons. The molecule has 3 aromatic heterocycles. The summed E-state index contributed by atoms with van der Waals surface area (Å²) in [7, 11) is 0. The summed E-state index contributed by atoms with van der Waals surface area (Å²) in [5.74, 6) is 0.432. The van der Waals surface area contributed by atoms with Crippen LogP contribution in [-0.4, -0.2) is 9.55 Å². The van der Waals surface area contributed by atoms with E-state index in [1.165, 1.54) is 6.07 Å². The fourth-order valence-corrected chi connectivity index (χ4v) is 1.96. The lowest BCUT2D eigenvalue weighted by atomic mass is 10.3. The third kappa shape index (κ3) is 3.28. The van der Waals surface area contributed by atoms with Gasteiger partial charge in [-0.15, -0.1) is 0 Å². The Balaban J connectivity index is 0.00000176. The summed E-state index contributed by atoms with van der Waals surface area (Å²) < 4.78 is 41.0. The lowest BCUT2D eigenvalue weighted by Gasteiger charge is -2.04. The molecule has 22 heavy (non-hydrogen) atoms. The van der Waals surface area contributed by atoms with Gasteiger partial charge in [0.05, 0.1) is 23.6 Å². The van der Waals surface area contributed by atoms with Crippen LogP contribution >= 0.6 is 0 Å². The molecule has 0 unspecified atom stereocenters. The Kier molecular flexibility index (Phi) is 4.51. The van der Waals surface area contributed by atoms with Gasteiger partial charge < -0.3 is 17.0 Å². The SMILES string of the molecule is FC(F)(F)c1ccc(-[n+]2ccc(-n3cccc3)cc2)nc1.[Cl-]. The fourth-order valence-electron chi connectivity index (χ4n) is 1.96. The molecular weight excluding hydrogens is 315 g/mol. The number of pyridine rings is 2. The Hall–Kier alpha value is -2.34. The molecule has 0 saturated heterocycles. The molecule has 3 heterocycles. The van der Waals surface area contributed by atoms with Crippen LogP contribution in [0.1, 0.15) is 5.56 Å². The molecule has 0 aliphatic heterocycles. The topological polar surface area (TPSA) is 21.7 Å². The van der Waals surface area contributed by atoms with E-state index in [0.717, 1.165) is 18.0 Å². The molecule has 0 radical (unpaired) electrons. The summed E-state index contributed by atoms with van der Waals surface area (Å²) in [6.07, 6.45) is 3.80. The molecular formula is C15H11ClF3N3. The average Bonchev–Trinajstić information content (AvgIpc) is 3.01. The second kappa shape index (κ2) is 6.19. The highest BCUT2D eigenvalue weighted by molar-refractivity contribution is 5.29. The van der Waals surface area contributed by atoms with Crippen LogP contribution in [0.25, 0.3) is 11.5 Å². The quantitative estimate of drug-likeness (QED) is 0.616. The smallest absolute Gasteiger partial charge is 0.420 e. The normalized spacial score (nSPS) is 11.0. The van der Waals surface area contributed by atoms with Crippen LogP contribution < -0.4 is 17.0 Å². The molecule has 3 aromatic rings. The zero-order valence-corrected chi connectivity index (χ0v) is 12.0. The van der Waals surface area contributed by atoms with Gasteiger partial charge in [-0.05, 0) is 23.2 Å². The van der Waals surface area contributed by atoms with Crippen molar-refractivity contribution in [3.05, 3.63) is 72.9 Å². The first-order chi connectivity index (χ1) is 10.0. The van der Waals surface area contributed by atoms with Gasteiger partial charge in [-0.2, -0.15) is 13.2 Å². The summed E-state index contributed by atoms with van der Waals surface area (Å²) in [5, 5.41) is 0. The zero-order valence-electron chi connectivity index (χ0n) is 11.2. The number of halogens is 4. The first-order valence-corrected chi connectivity index (χ1v) is 6.22. The predicted octanol–water partition coefficient (Wildman–Crippen LogP) is 0.172. The fraction of sp³-hybridized carbons (Fsp3) is 0.0667. The van der Waals surface area contributed by atoms with Gasteiger partial charge in [-0.3, -0.25) is 0 Å². The first kappa shape index (κ1) is 16.0. The molecule has 7 heteroatoms. The largest absolute Gasteiger partial charge is 1.00 e. The van der Waals surface area contributed by atoms with E-state index < -0.39 is 11.7 Å². The molecule has 0 fully saturated rings. The highest BCUT2D eigenvalue weighted by Gasteiger charge is 2.32. The van der Waals surface area contributed by atoms with Crippen molar-refractivity contribution in [2.24, 2.45) is 0 Å². The Morgan fingerprint density at radius 1 is 0.955 bits per heavy atom. The van der Waals surface area contributed by atoms with Gasteiger partial charge in [-0.25, -0.2) is 4.57 Å². The molecule has 0 saturated carbocycles. The maximum Gasteiger partial charge on any atom is 0.420 e. The molecule has 0 amide bonds. The van der Waals surface area contributed by atoms with E-state index >= 15 is 0 Å². The van der Waals surface area contributed by atoms with Crippen molar-refractivity contribution < 1.29 is 30.1 Å². The van der Waals surface area contributed by atoms with Crippen molar-refractivity contribution in [1.29, 1.82) is 0 Å². The van der Waals surface area contributed by atoms with E-state index in [-0.39, 0.29) is 12.4 Å². The Labute approximate surface area is 131 Å². The second-order valence-electron chi connectivity index (χ2n) is 4.46. The van der Waals surface area contributed by atoms with Gasteiger partial charge in [0.1, 0.15) is 0 Å². The Bertz CT molecular complexity index is 720. The van der Waals surface area contributed by atoms with E-state index in [1.807, 2.05) is 41.2 Å². The Morgan fingerprint density at radius 3 is 2.09 bits per heavy atom. The number of hydrogen-bond acceptors (Lipinski definition) is 1. The summed E-state index contributed by atoms with van der Waals surface area (Å²) >= 11 is 0. The molecule has 0 aliphatic carbocycles.